The fourth-order valence-corrected chi connectivity index (χ4v) is 3.81. The number of nitrogens with zero attached hydrogens (tertiary/aromatic N) is 3. The zero-order valence-electron chi connectivity index (χ0n) is 13.5. The number of hydrogen-bond donors (Lipinski definition) is 1. The number of thioether (sulfide) groups is 1. The molecule has 0 radical (unpaired) electrons. The molecule has 0 amide bonds. The number of benzene rings is 1. The van der Waals surface area contributed by atoms with Crippen molar-refractivity contribution < 1.29 is 18.3 Å². The van der Waals surface area contributed by atoms with Crippen LogP contribution in [-0.4, -0.2) is 31.4 Å². The van der Waals surface area contributed by atoms with E-state index >= 15 is 0 Å². The van der Waals surface area contributed by atoms with Crippen molar-refractivity contribution in [3.63, 3.8) is 0 Å². The normalized spacial score (nSPS) is 15.2. The Morgan fingerprint density at radius 1 is 1.19 bits per heavy atom. The summed E-state index contributed by atoms with van der Waals surface area (Å²) in [5, 5.41) is 0.966. The van der Waals surface area contributed by atoms with Crippen LogP contribution in [0.4, 0.5) is 8.78 Å². The van der Waals surface area contributed by atoms with E-state index in [-0.39, 0.29) is 11.5 Å². The number of rotatable bonds is 3. The molecule has 1 aliphatic rings. The number of ether oxygens (including phenoxy) is 2. The number of H-pyrrole nitrogens is 1. The largest absolute Gasteiger partial charge is 0.586 e. The molecule has 132 valence electrons. The van der Waals surface area contributed by atoms with E-state index in [9.17, 15) is 8.78 Å². The second kappa shape index (κ2) is 5.34. The molecule has 4 heterocycles. The second-order valence-electron chi connectivity index (χ2n) is 5.70. The van der Waals surface area contributed by atoms with Gasteiger partial charge in [-0.25, -0.2) is 9.97 Å². The van der Waals surface area contributed by atoms with Gasteiger partial charge in [0.2, 0.25) is 0 Å². The van der Waals surface area contributed by atoms with Crippen molar-refractivity contribution in [3.8, 4) is 23.0 Å². The highest BCUT2D eigenvalue weighted by molar-refractivity contribution is 7.99. The van der Waals surface area contributed by atoms with Gasteiger partial charge in [-0.3, -0.25) is 4.40 Å². The average Bonchev–Trinajstić information content (AvgIpc) is 3.24. The van der Waals surface area contributed by atoms with Gasteiger partial charge in [-0.1, -0.05) is 13.0 Å². The van der Waals surface area contributed by atoms with Gasteiger partial charge in [-0.05, 0) is 17.9 Å². The lowest BCUT2D eigenvalue weighted by molar-refractivity contribution is -0.286. The van der Waals surface area contributed by atoms with E-state index in [2.05, 4.69) is 31.3 Å². The SMILES string of the molecule is CCSc1c(-c2nc3cc4c(cc3[nH]2)OC(F)(F)O4)nc2ccccn12. The lowest BCUT2D eigenvalue weighted by atomic mass is 10.3. The zero-order valence-corrected chi connectivity index (χ0v) is 14.3. The molecule has 0 bridgehead atoms. The van der Waals surface area contributed by atoms with Crippen molar-refractivity contribution >= 4 is 28.4 Å². The Morgan fingerprint density at radius 3 is 2.81 bits per heavy atom. The van der Waals surface area contributed by atoms with E-state index in [4.69, 9.17) is 0 Å². The molecule has 0 aliphatic carbocycles. The number of aromatic amines is 1. The number of hydrogen-bond acceptors (Lipinski definition) is 5. The van der Waals surface area contributed by atoms with Gasteiger partial charge in [-0.2, -0.15) is 0 Å². The topological polar surface area (TPSA) is 64.4 Å². The minimum Gasteiger partial charge on any atom is -0.395 e. The van der Waals surface area contributed by atoms with Crippen LogP contribution in [0.15, 0.2) is 41.6 Å². The van der Waals surface area contributed by atoms with E-state index in [0.29, 0.717) is 22.6 Å². The first-order chi connectivity index (χ1) is 12.5. The molecule has 4 aromatic rings. The fraction of sp³-hybridized carbons (Fsp3) is 0.176. The van der Waals surface area contributed by atoms with Gasteiger partial charge >= 0.3 is 6.29 Å². The maximum Gasteiger partial charge on any atom is 0.586 e. The number of alkyl halides is 2. The van der Waals surface area contributed by atoms with Crippen LogP contribution in [-0.2, 0) is 0 Å². The Bertz CT molecular complexity index is 1110. The van der Waals surface area contributed by atoms with E-state index in [1.165, 1.54) is 12.1 Å². The third-order valence-corrected chi connectivity index (χ3v) is 4.95. The summed E-state index contributed by atoms with van der Waals surface area (Å²) in [6.45, 7) is 2.06. The lowest BCUT2D eigenvalue weighted by Crippen LogP contribution is -2.25. The van der Waals surface area contributed by atoms with Crippen LogP contribution in [0.2, 0.25) is 0 Å². The maximum atomic E-state index is 13.2. The van der Waals surface area contributed by atoms with Crippen LogP contribution in [0.1, 0.15) is 6.92 Å². The summed E-state index contributed by atoms with van der Waals surface area (Å²) in [5.74, 6) is 1.39. The van der Waals surface area contributed by atoms with E-state index in [1.54, 1.807) is 11.8 Å². The van der Waals surface area contributed by atoms with E-state index in [0.717, 1.165) is 16.4 Å². The Labute approximate surface area is 150 Å². The number of halogens is 2. The van der Waals surface area contributed by atoms with E-state index < -0.39 is 6.29 Å². The van der Waals surface area contributed by atoms with Gasteiger partial charge < -0.3 is 14.5 Å². The summed E-state index contributed by atoms with van der Waals surface area (Å²) in [5.41, 5.74) is 2.60. The first-order valence-corrected chi connectivity index (χ1v) is 8.92. The highest BCUT2D eigenvalue weighted by Crippen LogP contribution is 2.43. The molecule has 6 nitrogen and oxygen atoms in total. The highest BCUT2D eigenvalue weighted by atomic mass is 32.2. The van der Waals surface area contributed by atoms with Crippen LogP contribution in [0.25, 0.3) is 28.2 Å². The molecule has 0 atom stereocenters. The Balaban J connectivity index is 1.66. The zero-order chi connectivity index (χ0) is 17.9. The minimum absolute atomic E-state index is 0.0177. The Morgan fingerprint density at radius 2 is 2.00 bits per heavy atom. The average molecular weight is 374 g/mol. The van der Waals surface area contributed by atoms with E-state index in [1.807, 2.05) is 28.8 Å². The van der Waals surface area contributed by atoms with Crippen molar-refractivity contribution in [1.82, 2.24) is 19.4 Å². The summed E-state index contributed by atoms with van der Waals surface area (Å²) < 4.78 is 37.4. The standard InChI is InChI=1S/C17H12F2N4O2S/c1-2-26-16-14(22-13-5-3-4-6-23(13)16)15-20-9-7-11-12(8-10(9)21-15)25-17(18,19)24-11/h3-8H,2H2,1H3,(H,20,21). The quantitative estimate of drug-likeness (QED) is 0.542. The predicted octanol–water partition coefficient (Wildman–Crippen LogP) is 4.31. The summed E-state index contributed by atoms with van der Waals surface area (Å²) in [6.07, 6.45) is -1.69. The number of fused-ring (bicyclic) bond motifs is 3. The van der Waals surface area contributed by atoms with Gasteiger partial charge in [0.05, 0.1) is 11.0 Å². The molecule has 1 N–H and O–H groups in total. The van der Waals surface area contributed by atoms with Crippen LogP contribution in [0.3, 0.4) is 0 Å². The molecule has 0 saturated heterocycles. The molecule has 0 spiro atoms. The summed E-state index contributed by atoms with van der Waals surface area (Å²) in [4.78, 5) is 12.3. The smallest absolute Gasteiger partial charge is 0.395 e. The number of imidazole rings is 2. The minimum atomic E-state index is -3.64. The van der Waals surface area contributed by atoms with Crippen molar-refractivity contribution in [3.05, 3.63) is 36.5 Å². The lowest BCUT2D eigenvalue weighted by Gasteiger charge is -2.04. The van der Waals surface area contributed by atoms with Crippen LogP contribution < -0.4 is 9.47 Å². The monoisotopic (exact) mass is 374 g/mol. The van der Waals surface area contributed by atoms with Crippen LogP contribution in [0.5, 0.6) is 11.5 Å². The van der Waals surface area contributed by atoms with Crippen molar-refractivity contribution in [2.75, 3.05) is 5.75 Å². The highest BCUT2D eigenvalue weighted by Gasteiger charge is 2.43. The molecule has 1 aliphatic heterocycles. The molecule has 9 heteroatoms. The van der Waals surface area contributed by atoms with Crippen molar-refractivity contribution in [2.45, 2.75) is 18.2 Å². The predicted molar refractivity (Wildman–Crippen MR) is 92.9 cm³/mol. The third-order valence-electron chi connectivity index (χ3n) is 4.00. The summed E-state index contributed by atoms with van der Waals surface area (Å²) in [6, 6.07) is 8.68. The first kappa shape index (κ1) is 15.4. The van der Waals surface area contributed by atoms with Crippen molar-refractivity contribution in [2.24, 2.45) is 0 Å². The molecular weight excluding hydrogens is 362 g/mol. The van der Waals surface area contributed by atoms with Gasteiger partial charge in [0.15, 0.2) is 17.3 Å². The van der Waals surface area contributed by atoms with Gasteiger partial charge in [0.1, 0.15) is 16.4 Å². The van der Waals surface area contributed by atoms with Gasteiger partial charge in [-0.15, -0.1) is 20.5 Å². The molecule has 1 aromatic carbocycles. The molecular formula is C17H12F2N4O2S. The molecule has 5 rings (SSSR count). The molecule has 3 aromatic heterocycles. The number of pyridine rings is 1. The molecule has 0 unspecified atom stereocenters. The maximum absolute atomic E-state index is 13.2. The third kappa shape index (κ3) is 2.31. The summed E-state index contributed by atoms with van der Waals surface area (Å²) >= 11 is 1.66. The van der Waals surface area contributed by atoms with Gasteiger partial charge in [0, 0.05) is 18.3 Å². The Kier molecular flexibility index (Phi) is 3.17. The molecule has 0 saturated carbocycles. The van der Waals surface area contributed by atoms with Crippen LogP contribution >= 0.6 is 11.8 Å². The van der Waals surface area contributed by atoms with Crippen LogP contribution in [0, 0.1) is 0 Å². The second-order valence-corrected chi connectivity index (χ2v) is 6.95. The molecule has 26 heavy (non-hydrogen) atoms. The van der Waals surface area contributed by atoms with Gasteiger partial charge in [0.25, 0.3) is 0 Å². The number of nitrogens with one attached hydrogen (secondary N) is 1. The Hall–Kier alpha value is -2.81. The molecule has 0 fully saturated rings. The number of aromatic nitrogens is 4. The fourth-order valence-electron chi connectivity index (χ4n) is 2.97. The first-order valence-electron chi connectivity index (χ1n) is 7.94. The summed E-state index contributed by atoms with van der Waals surface area (Å²) in [7, 11) is 0. The van der Waals surface area contributed by atoms with Crippen molar-refractivity contribution in [1.29, 1.82) is 0 Å².